The van der Waals surface area contributed by atoms with Gasteiger partial charge < -0.3 is 0 Å². The molecular weight excluding hydrogens is 272 g/mol. The summed E-state index contributed by atoms with van der Waals surface area (Å²) in [4.78, 5) is 25.2. The summed E-state index contributed by atoms with van der Waals surface area (Å²) in [6.07, 6.45) is 2.06. The van der Waals surface area contributed by atoms with Crippen molar-refractivity contribution in [2.24, 2.45) is 0 Å². The zero-order valence-corrected chi connectivity index (χ0v) is 12.6. The number of carbonyl (C=O) groups is 2. The molecule has 0 spiro atoms. The van der Waals surface area contributed by atoms with E-state index in [4.69, 9.17) is 0 Å². The summed E-state index contributed by atoms with van der Waals surface area (Å²) in [6.45, 7) is 2.02. The first-order chi connectivity index (χ1) is 10.7. The number of Topliss-reactive ketones (excluding diaryl/α,β-unsaturated/α-hetero) is 2. The Kier molecular flexibility index (Phi) is 4.01. The van der Waals surface area contributed by atoms with Gasteiger partial charge in [0, 0.05) is 12.0 Å². The van der Waals surface area contributed by atoms with E-state index in [0.29, 0.717) is 17.6 Å². The summed E-state index contributed by atoms with van der Waals surface area (Å²) >= 11 is 0. The summed E-state index contributed by atoms with van der Waals surface area (Å²) in [5.74, 6) is -0.182. The zero-order valence-electron chi connectivity index (χ0n) is 12.6. The van der Waals surface area contributed by atoms with E-state index >= 15 is 0 Å². The molecule has 22 heavy (non-hydrogen) atoms. The lowest BCUT2D eigenvalue weighted by Crippen LogP contribution is -2.19. The molecule has 2 heteroatoms. The third-order valence-corrected chi connectivity index (χ3v) is 4.04. The Morgan fingerprint density at radius 2 is 1.73 bits per heavy atom. The second-order valence-electron chi connectivity index (χ2n) is 5.69. The number of allylic oxidation sites excluding steroid dienone is 2. The predicted molar refractivity (Wildman–Crippen MR) is 87.7 cm³/mol. The summed E-state index contributed by atoms with van der Waals surface area (Å²) in [7, 11) is 0. The van der Waals surface area contributed by atoms with Crippen LogP contribution in [0.3, 0.4) is 0 Å². The molecule has 0 unspecified atom stereocenters. The number of aryl methyl sites for hydroxylation is 1. The Morgan fingerprint density at radius 3 is 2.45 bits per heavy atom. The van der Waals surface area contributed by atoms with Crippen LogP contribution in [0.2, 0.25) is 0 Å². The minimum Gasteiger partial charge on any atom is -0.294 e. The number of ketones is 2. The standard InChI is InChI=1S/C20H18O2/c1-14-7-5-10-16(13-14)17-11-6-12-18(21)19(17)20(22)15-8-3-2-4-9-15/h2-5,7-10,13H,6,11-12H2,1H3. The molecule has 0 atom stereocenters. The lowest BCUT2D eigenvalue weighted by molar-refractivity contribution is -0.115. The maximum atomic E-state index is 12.8. The lowest BCUT2D eigenvalue weighted by Gasteiger charge is -2.19. The van der Waals surface area contributed by atoms with Crippen LogP contribution in [0.15, 0.2) is 60.2 Å². The van der Waals surface area contributed by atoms with E-state index in [0.717, 1.165) is 29.5 Å². The van der Waals surface area contributed by atoms with Gasteiger partial charge in [-0.05, 0) is 30.9 Å². The second-order valence-corrected chi connectivity index (χ2v) is 5.69. The second kappa shape index (κ2) is 6.10. The maximum Gasteiger partial charge on any atom is 0.196 e. The van der Waals surface area contributed by atoms with Gasteiger partial charge in [0.1, 0.15) is 0 Å². The quantitative estimate of drug-likeness (QED) is 0.621. The fourth-order valence-corrected chi connectivity index (χ4v) is 2.96. The molecule has 2 aromatic rings. The number of carbonyl (C=O) groups excluding carboxylic acids is 2. The van der Waals surface area contributed by atoms with Gasteiger partial charge in [0.25, 0.3) is 0 Å². The average Bonchev–Trinajstić information content (AvgIpc) is 2.55. The summed E-state index contributed by atoms with van der Waals surface area (Å²) in [5, 5.41) is 0. The molecule has 0 radical (unpaired) electrons. The van der Waals surface area contributed by atoms with E-state index < -0.39 is 0 Å². The highest BCUT2D eigenvalue weighted by Crippen LogP contribution is 2.32. The molecule has 0 aromatic heterocycles. The van der Waals surface area contributed by atoms with Crippen molar-refractivity contribution in [1.29, 1.82) is 0 Å². The van der Waals surface area contributed by atoms with Crippen molar-refractivity contribution in [3.05, 3.63) is 76.9 Å². The Bertz CT molecular complexity index is 754. The van der Waals surface area contributed by atoms with Crippen LogP contribution >= 0.6 is 0 Å². The van der Waals surface area contributed by atoms with E-state index in [-0.39, 0.29) is 11.6 Å². The van der Waals surface area contributed by atoms with E-state index in [1.807, 2.05) is 49.4 Å². The summed E-state index contributed by atoms with van der Waals surface area (Å²) in [6, 6.07) is 17.1. The van der Waals surface area contributed by atoms with E-state index in [9.17, 15) is 9.59 Å². The number of hydrogen-bond acceptors (Lipinski definition) is 2. The van der Waals surface area contributed by atoms with Crippen LogP contribution in [0.1, 0.15) is 40.7 Å². The van der Waals surface area contributed by atoms with Gasteiger partial charge in [0.2, 0.25) is 0 Å². The molecule has 0 heterocycles. The molecule has 0 aliphatic heterocycles. The molecule has 1 aliphatic rings. The Labute approximate surface area is 130 Å². The largest absolute Gasteiger partial charge is 0.294 e. The van der Waals surface area contributed by atoms with Crippen molar-refractivity contribution in [1.82, 2.24) is 0 Å². The van der Waals surface area contributed by atoms with Crippen molar-refractivity contribution in [3.8, 4) is 0 Å². The Balaban J connectivity index is 2.13. The third-order valence-electron chi connectivity index (χ3n) is 4.04. The lowest BCUT2D eigenvalue weighted by atomic mass is 9.82. The van der Waals surface area contributed by atoms with Crippen molar-refractivity contribution in [2.45, 2.75) is 26.2 Å². The van der Waals surface area contributed by atoms with E-state index in [1.54, 1.807) is 12.1 Å². The van der Waals surface area contributed by atoms with Crippen molar-refractivity contribution >= 4 is 17.1 Å². The number of rotatable bonds is 3. The van der Waals surface area contributed by atoms with Crippen LogP contribution in [0, 0.1) is 6.92 Å². The Hall–Kier alpha value is -2.48. The molecule has 2 nitrogen and oxygen atoms in total. The molecule has 1 aliphatic carbocycles. The topological polar surface area (TPSA) is 34.1 Å². The zero-order chi connectivity index (χ0) is 15.5. The van der Waals surface area contributed by atoms with Gasteiger partial charge in [-0.25, -0.2) is 0 Å². The first-order valence-corrected chi connectivity index (χ1v) is 7.60. The monoisotopic (exact) mass is 290 g/mol. The highest BCUT2D eigenvalue weighted by molar-refractivity contribution is 6.31. The van der Waals surface area contributed by atoms with Crippen LogP contribution in [0.4, 0.5) is 0 Å². The third kappa shape index (κ3) is 2.77. The minimum atomic E-state index is -0.151. The Morgan fingerprint density at radius 1 is 0.955 bits per heavy atom. The SMILES string of the molecule is Cc1cccc(C2=C(C(=O)c3ccccc3)C(=O)CCC2)c1. The molecule has 0 bridgehead atoms. The van der Waals surface area contributed by atoms with E-state index in [1.165, 1.54) is 0 Å². The highest BCUT2D eigenvalue weighted by atomic mass is 16.1. The highest BCUT2D eigenvalue weighted by Gasteiger charge is 2.27. The van der Waals surface area contributed by atoms with Crippen molar-refractivity contribution in [2.75, 3.05) is 0 Å². The first-order valence-electron chi connectivity index (χ1n) is 7.60. The van der Waals surface area contributed by atoms with Crippen LogP contribution in [-0.2, 0) is 4.79 Å². The van der Waals surface area contributed by atoms with Gasteiger partial charge in [0.05, 0.1) is 5.57 Å². The van der Waals surface area contributed by atoms with Gasteiger partial charge >= 0.3 is 0 Å². The van der Waals surface area contributed by atoms with Crippen LogP contribution in [0.5, 0.6) is 0 Å². The predicted octanol–water partition coefficient (Wildman–Crippen LogP) is 4.38. The van der Waals surface area contributed by atoms with Crippen molar-refractivity contribution < 1.29 is 9.59 Å². The fraction of sp³-hybridized carbons (Fsp3) is 0.200. The van der Waals surface area contributed by atoms with Crippen LogP contribution in [0.25, 0.3) is 5.57 Å². The summed E-state index contributed by atoms with van der Waals surface area (Å²) in [5.41, 5.74) is 3.98. The molecule has 0 fully saturated rings. The molecule has 2 aromatic carbocycles. The molecular formula is C20H18O2. The molecule has 3 rings (SSSR count). The van der Waals surface area contributed by atoms with E-state index in [2.05, 4.69) is 0 Å². The molecule has 0 saturated heterocycles. The van der Waals surface area contributed by atoms with Gasteiger partial charge in [-0.1, -0.05) is 60.2 Å². The number of hydrogen-bond donors (Lipinski definition) is 0. The van der Waals surface area contributed by atoms with Gasteiger partial charge in [-0.3, -0.25) is 9.59 Å². The van der Waals surface area contributed by atoms with Gasteiger partial charge in [-0.2, -0.15) is 0 Å². The fourth-order valence-electron chi connectivity index (χ4n) is 2.96. The minimum absolute atomic E-state index is 0.0309. The molecule has 110 valence electrons. The van der Waals surface area contributed by atoms with Gasteiger partial charge in [-0.15, -0.1) is 0 Å². The molecule has 0 N–H and O–H groups in total. The number of benzene rings is 2. The normalized spacial score (nSPS) is 15.0. The average molecular weight is 290 g/mol. The summed E-state index contributed by atoms with van der Waals surface area (Å²) < 4.78 is 0. The molecule has 0 saturated carbocycles. The first kappa shape index (κ1) is 14.5. The van der Waals surface area contributed by atoms with Crippen LogP contribution < -0.4 is 0 Å². The van der Waals surface area contributed by atoms with Crippen LogP contribution in [-0.4, -0.2) is 11.6 Å². The maximum absolute atomic E-state index is 12.8. The molecule has 0 amide bonds. The smallest absolute Gasteiger partial charge is 0.196 e. The van der Waals surface area contributed by atoms with Crippen molar-refractivity contribution in [3.63, 3.8) is 0 Å². The van der Waals surface area contributed by atoms with Gasteiger partial charge in [0.15, 0.2) is 11.6 Å².